The van der Waals surface area contributed by atoms with E-state index >= 15 is 0 Å². The maximum atomic E-state index is 5.42. The number of hydrogen-bond donors (Lipinski definition) is 0. The van der Waals surface area contributed by atoms with Gasteiger partial charge >= 0.3 is 0 Å². The van der Waals surface area contributed by atoms with Crippen LogP contribution in [-0.2, 0) is 6.54 Å². The fraction of sp³-hybridized carbons (Fsp3) is 0.368. The van der Waals surface area contributed by atoms with Gasteiger partial charge in [0.15, 0.2) is 0 Å². The Morgan fingerprint density at radius 2 is 2.00 bits per heavy atom. The summed E-state index contributed by atoms with van der Waals surface area (Å²) in [5.41, 5.74) is 4.79. The molecule has 1 saturated carbocycles. The first-order valence-corrected chi connectivity index (χ1v) is 8.54. The van der Waals surface area contributed by atoms with E-state index < -0.39 is 0 Å². The van der Waals surface area contributed by atoms with E-state index in [1.807, 2.05) is 44.0 Å². The predicted molar refractivity (Wildman–Crippen MR) is 95.3 cm³/mol. The lowest BCUT2D eigenvalue weighted by atomic mass is 10.1. The third-order valence-corrected chi connectivity index (χ3v) is 4.44. The second-order valence-electron chi connectivity index (χ2n) is 6.68. The number of rotatable bonds is 5. The first-order chi connectivity index (χ1) is 12.1. The molecule has 0 N–H and O–H groups in total. The smallest absolute Gasteiger partial charge is 0.225 e. The first-order valence-electron chi connectivity index (χ1n) is 8.54. The van der Waals surface area contributed by atoms with E-state index in [0.717, 1.165) is 34.1 Å². The molecule has 0 amide bonds. The van der Waals surface area contributed by atoms with Crippen LogP contribution in [0.1, 0.15) is 41.6 Å². The summed E-state index contributed by atoms with van der Waals surface area (Å²) in [5, 5.41) is 4.17. The van der Waals surface area contributed by atoms with Gasteiger partial charge in [0.05, 0.1) is 12.2 Å². The van der Waals surface area contributed by atoms with Crippen molar-refractivity contribution in [2.75, 3.05) is 11.9 Å². The number of aromatic nitrogens is 4. The first kappa shape index (κ1) is 15.7. The predicted octanol–water partition coefficient (Wildman–Crippen LogP) is 3.66. The van der Waals surface area contributed by atoms with Crippen LogP contribution in [0, 0.1) is 13.8 Å². The fourth-order valence-electron chi connectivity index (χ4n) is 2.92. The molecule has 3 aromatic rings. The molecule has 6 heteroatoms. The van der Waals surface area contributed by atoms with Gasteiger partial charge in [-0.1, -0.05) is 5.16 Å². The van der Waals surface area contributed by atoms with E-state index in [9.17, 15) is 0 Å². The summed E-state index contributed by atoms with van der Waals surface area (Å²) < 4.78 is 5.42. The van der Waals surface area contributed by atoms with Gasteiger partial charge in [0.1, 0.15) is 11.5 Å². The summed E-state index contributed by atoms with van der Waals surface area (Å²) >= 11 is 0. The zero-order valence-corrected chi connectivity index (χ0v) is 14.7. The molecule has 6 nitrogen and oxygen atoms in total. The van der Waals surface area contributed by atoms with Gasteiger partial charge in [0, 0.05) is 42.2 Å². The highest BCUT2D eigenvalue weighted by atomic mass is 16.5. The van der Waals surface area contributed by atoms with Gasteiger partial charge in [-0.25, -0.2) is 9.97 Å². The van der Waals surface area contributed by atoms with Crippen molar-refractivity contribution in [3.8, 4) is 11.3 Å². The van der Waals surface area contributed by atoms with Gasteiger partial charge in [-0.05, 0) is 44.9 Å². The second kappa shape index (κ2) is 6.27. The molecule has 4 rings (SSSR count). The quantitative estimate of drug-likeness (QED) is 0.709. The van der Waals surface area contributed by atoms with Crippen molar-refractivity contribution in [3.05, 3.63) is 53.3 Å². The average Bonchev–Trinajstić information content (AvgIpc) is 3.35. The number of pyridine rings is 1. The number of anilines is 1. The molecule has 25 heavy (non-hydrogen) atoms. The molecule has 0 bridgehead atoms. The molecule has 1 fully saturated rings. The summed E-state index contributed by atoms with van der Waals surface area (Å²) in [4.78, 5) is 15.6. The van der Waals surface area contributed by atoms with Gasteiger partial charge in [0.2, 0.25) is 5.95 Å². The average molecular weight is 335 g/mol. The third-order valence-electron chi connectivity index (χ3n) is 4.44. The van der Waals surface area contributed by atoms with E-state index in [2.05, 4.69) is 21.2 Å². The summed E-state index contributed by atoms with van der Waals surface area (Å²) in [6.07, 6.45) is 4.20. The zero-order valence-electron chi connectivity index (χ0n) is 14.7. The largest absolute Gasteiger partial charge is 0.361 e. The fourth-order valence-corrected chi connectivity index (χ4v) is 2.92. The van der Waals surface area contributed by atoms with Gasteiger partial charge in [-0.2, -0.15) is 0 Å². The third kappa shape index (κ3) is 3.38. The Labute approximate surface area is 146 Å². The minimum absolute atomic E-state index is 0.572. The lowest BCUT2D eigenvalue weighted by molar-refractivity contribution is 0.378. The molecule has 0 radical (unpaired) electrons. The summed E-state index contributed by atoms with van der Waals surface area (Å²) in [6.45, 7) is 4.61. The van der Waals surface area contributed by atoms with Crippen LogP contribution in [0.4, 0.5) is 5.95 Å². The maximum absolute atomic E-state index is 5.42. The van der Waals surface area contributed by atoms with Crippen LogP contribution >= 0.6 is 0 Å². The van der Waals surface area contributed by atoms with Gasteiger partial charge in [-0.15, -0.1) is 0 Å². The van der Waals surface area contributed by atoms with E-state index in [4.69, 9.17) is 9.51 Å². The molecule has 1 aliphatic carbocycles. The molecule has 0 saturated heterocycles. The lowest BCUT2D eigenvalue weighted by Gasteiger charge is -2.16. The lowest BCUT2D eigenvalue weighted by Crippen LogP contribution is -2.19. The standard InChI is InChI=1S/C19H21N5O/c1-12-4-7-16(13(2)21-12)17-8-9-20-19(22-17)24(3)11-15-10-18(25-23-15)14-5-6-14/h4,7-10,14H,5-6,11H2,1-3H3. The number of aryl methyl sites for hydroxylation is 2. The van der Waals surface area contributed by atoms with Crippen LogP contribution in [0.15, 0.2) is 35.0 Å². The topological polar surface area (TPSA) is 67.9 Å². The molecule has 0 aliphatic heterocycles. The monoisotopic (exact) mass is 335 g/mol. The molecule has 3 heterocycles. The zero-order chi connectivity index (χ0) is 17.4. The number of hydrogen-bond acceptors (Lipinski definition) is 6. The summed E-state index contributed by atoms with van der Waals surface area (Å²) in [7, 11) is 1.96. The number of nitrogens with zero attached hydrogens (tertiary/aromatic N) is 5. The maximum Gasteiger partial charge on any atom is 0.225 e. The van der Waals surface area contributed by atoms with Gasteiger partial charge < -0.3 is 9.42 Å². The Morgan fingerprint density at radius 3 is 2.76 bits per heavy atom. The van der Waals surface area contributed by atoms with Crippen LogP contribution in [-0.4, -0.2) is 27.2 Å². The van der Waals surface area contributed by atoms with Gasteiger partial charge in [-0.3, -0.25) is 4.98 Å². The van der Waals surface area contributed by atoms with Crippen molar-refractivity contribution in [3.63, 3.8) is 0 Å². The van der Waals surface area contributed by atoms with Crippen molar-refractivity contribution in [1.82, 2.24) is 20.1 Å². The highest BCUT2D eigenvalue weighted by molar-refractivity contribution is 5.62. The van der Waals surface area contributed by atoms with Crippen molar-refractivity contribution in [2.45, 2.75) is 39.2 Å². The van der Waals surface area contributed by atoms with E-state index in [-0.39, 0.29) is 0 Å². The molecular weight excluding hydrogens is 314 g/mol. The van der Waals surface area contributed by atoms with Crippen LogP contribution < -0.4 is 4.90 Å². The Bertz CT molecular complexity index is 900. The van der Waals surface area contributed by atoms with Crippen LogP contribution in [0.2, 0.25) is 0 Å². The van der Waals surface area contributed by atoms with Crippen LogP contribution in [0.25, 0.3) is 11.3 Å². The minimum atomic E-state index is 0.572. The molecule has 0 atom stereocenters. The van der Waals surface area contributed by atoms with Crippen LogP contribution in [0.3, 0.4) is 0 Å². The Morgan fingerprint density at radius 1 is 1.16 bits per heavy atom. The molecule has 0 aromatic carbocycles. The minimum Gasteiger partial charge on any atom is -0.361 e. The van der Waals surface area contributed by atoms with Crippen molar-refractivity contribution in [2.24, 2.45) is 0 Å². The van der Waals surface area contributed by atoms with E-state index in [0.29, 0.717) is 18.4 Å². The summed E-state index contributed by atoms with van der Waals surface area (Å²) in [5.74, 6) is 2.23. The SMILES string of the molecule is Cc1ccc(-c2ccnc(N(C)Cc3cc(C4CC4)on3)n2)c(C)n1. The molecule has 128 valence electrons. The Hall–Kier alpha value is -2.76. The Balaban J connectivity index is 1.55. The van der Waals surface area contributed by atoms with Crippen molar-refractivity contribution < 1.29 is 4.52 Å². The van der Waals surface area contributed by atoms with E-state index in [1.165, 1.54) is 12.8 Å². The highest BCUT2D eigenvalue weighted by Crippen LogP contribution is 2.40. The molecule has 0 unspecified atom stereocenters. The normalized spacial score (nSPS) is 13.9. The highest BCUT2D eigenvalue weighted by Gasteiger charge is 2.28. The van der Waals surface area contributed by atoms with Crippen molar-refractivity contribution >= 4 is 5.95 Å². The van der Waals surface area contributed by atoms with Crippen molar-refractivity contribution in [1.29, 1.82) is 0 Å². The van der Waals surface area contributed by atoms with E-state index in [1.54, 1.807) is 6.20 Å². The molecule has 1 aliphatic rings. The molecule has 0 spiro atoms. The Kier molecular flexibility index (Phi) is 3.95. The van der Waals surface area contributed by atoms with Gasteiger partial charge in [0.25, 0.3) is 0 Å². The van der Waals surface area contributed by atoms with Crippen LogP contribution in [0.5, 0.6) is 0 Å². The second-order valence-corrected chi connectivity index (χ2v) is 6.68. The summed E-state index contributed by atoms with van der Waals surface area (Å²) in [6, 6.07) is 8.02. The molecular formula is C19H21N5O. The molecule has 3 aromatic heterocycles.